The second kappa shape index (κ2) is 9.66. The zero-order valence-electron chi connectivity index (χ0n) is 15.5. The first-order chi connectivity index (χ1) is 13.5. The molecular formula is C21H23ClFN3O2. The van der Waals surface area contributed by atoms with Gasteiger partial charge >= 0.3 is 0 Å². The summed E-state index contributed by atoms with van der Waals surface area (Å²) in [7, 11) is 0. The maximum Gasteiger partial charge on any atom is 0.237 e. The van der Waals surface area contributed by atoms with Gasteiger partial charge in [-0.2, -0.15) is 0 Å². The standard InChI is InChI=1S/C21H23ClFN3O2/c22-17-5-1-15(2-6-17)9-10-24-20(27)13-19-21(28)25-11-12-26(19)14-16-3-7-18(23)8-4-16/h1-8,19H,9-14H2,(H,24,27)(H,25,28)/t19-/m0/s1. The van der Waals surface area contributed by atoms with Crippen molar-refractivity contribution in [1.82, 2.24) is 15.5 Å². The lowest BCUT2D eigenvalue weighted by Crippen LogP contribution is -2.56. The average molecular weight is 404 g/mol. The van der Waals surface area contributed by atoms with Crippen LogP contribution in [0.15, 0.2) is 48.5 Å². The molecule has 7 heteroatoms. The third kappa shape index (κ3) is 5.78. The number of carbonyl (C=O) groups excluding carboxylic acids is 2. The van der Waals surface area contributed by atoms with Crippen LogP contribution in [0, 0.1) is 5.82 Å². The molecule has 2 aromatic rings. The Balaban J connectivity index is 1.52. The Morgan fingerprint density at radius 1 is 1.14 bits per heavy atom. The van der Waals surface area contributed by atoms with Gasteiger partial charge < -0.3 is 10.6 Å². The van der Waals surface area contributed by atoms with Crippen LogP contribution in [-0.2, 0) is 22.6 Å². The number of piperazine rings is 1. The van der Waals surface area contributed by atoms with Gasteiger partial charge in [-0.3, -0.25) is 14.5 Å². The number of hydrogen-bond acceptors (Lipinski definition) is 3. The molecule has 1 aliphatic rings. The van der Waals surface area contributed by atoms with Crippen LogP contribution in [0.5, 0.6) is 0 Å². The number of hydrogen-bond donors (Lipinski definition) is 2. The van der Waals surface area contributed by atoms with E-state index < -0.39 is 6.04 Å². The summed E-state index contributed by atoms with van der Waals surface area (Å²) in [5.74, 6) is -0.613. The first-order valence-electron chi connectivity index (χ1n) is 9.28. The zero-order valence-corrected chi connectivity index (χ0v) is 16.2. The first-order valence-corrected chi connectivity index (χ1v) is 9.66. The fraction of sp³-hybridized carbons (Fsp3) is 0.333. The maximum atomic E-state index is 13.1. The van der Waals surface area contributed by atoms with E-state index in [1.54, 1.807) is 12.1 Å². The lowest BCUT2D eigenvalue weighted by molar-refractivity contribution is -0.134. The van der Waals surface area contributed by atoms with Crippen molar-refractivity contribution in [3.63, 3.8) is 0 Å². The molecule has 2 aromatic carbocycles. The van der Waals surface area contributed by atoms with E-state index in [2.05, 4.69) is 10.6 Å². The average Bonchev–Trinajstić information content (AvgIpc) is 2.68. The molecule has 1 aliphatic heterocycles. The van der Waals surface area contributed by atoms with Gasteiger partial charge in [0, 0.05) is 31.2 Å². The highest BCUT2D eigenvalue weighted by molar-refractivity contribution is 6.30. The maximum absolute atomic E-state index is 13.1. The summed E-state index contributed by atoms with van der Waals surface area (Å²) < 4.78 is 13.1. The Morgan fingerprint density at radius 2 is 1.82 bits per heavy atom. The largest absolute Gasteiger partial charge is 0.356 e. The van der Waals surface area contributed by atoms with Crippen LogP contribution in [0.4, 0.5) is 4.39 Å². The van der Waals surface area contributed by atoms with Crippen LogP contribution in [-0.4, -0.2) is 42.4 Å². The topological polar surface area (TPSA) is 61.4 Å². The van der Waals surface area contributed by atoms with Crippen LogP contribution >= 0.6 is 11.6 Å². The Kier molecular flexibility index (Phi) is 7.01. The van der Waals surface area contributed by atoms with Crippen LogP contribution in [0.3, 0.4) is 0 Å². The normalized spacial score (nSPS) is 17.2. The number of nitrogens with one attached hydrogen (secondary N) is 2. The summed E-state index contributed by atoms with van der Waals surface area (Å²) in [5.41, 5.74) is 1.99. The molecule has 0 bridgehead atoms. The molecule has 1 fully saturated rings. The lowest BCUT2D eigenvalue weighted by atomic mass is 10.1. The Bertz CT molecular complexity index is 811. The van der Waals surface area contributed by atoms with E-state index in [9.17, 15) is 14.0 Å². The predicted octanol–water partition coefficient (Wildman–Crippen LogP) is 2.53. The highest BCUT2D eigenvalue weighted by Crippen LogP contribution is 2.15. The summed E-state index contributed by atoms with van der Waals surface area (Å²) >= 11 is 5.87. The van der Waals surface area contributed by atoms with Crippen molar-refractivity contribution < 1.29 is 14.0 Å². The van der Waals surface area contributed by atoms with Gasteiger partial charge in [0.15, 0.2) is 0 Å². The summed E-state index contributed by atoms with van der Waals surface area (Å²) in [4.78, 5) is 26.6. The number of rotatable bonds is 7. The molecule has 2 amide bonds. The summed E-state index contributed by atoms with van der Waals surface area (Å²) in [6.07, 6.45) is 0.784. The van der Waals surface area contributed by atoms with Crippen LogP contribution in [0.1, 0.15) is 17.5 Å². The van der Waals surface area contributed by atoms with E-state index in [1.807, 2.05) is 29.2 Å². The van der Waals surface area contributed by atoms with Crippen molar-refractivity contribution in [2.75, 3.05) is 19.6 Å². The van der Waals surface area contributed by atoms with Crippen molar-refractivity contribution >= 4 is 23.4 Å². The van der Waals surface area contributed by atoms with Gasteiger partial charge in [-0.05, 0) is 41.8 Å². The molecule has 1 atom stereocenters. The zero-order chi connectivity index (χ0) is 19.9. The van der Waals surface area contributed by atoms with Gasteiger partial charge in [-0.1, -0.05) is 35.9 Å². The summed E-state index contributed by atoms with van der Waals surface area (Å²) in [6, 6.07) is 13.2. The smallest absolute Gasteiger partial charge is 0.237 e. The monoisotopic (exact) mass is 403 g/mol. The molecule has 0 radical (unpaired) electrons. The van der Waals surface area contributed by atoms with Gasteiger partial charge in [0.1, 0.15) is 5.82 Å². The molecule has 0 spiro atoms. The van der Waals surface area contributed by atoms with Crippen molar-refractivity contribution in [3.8, 4) is 0 Å². The van der Waals surface area contributed by atoms with Crippen molar-refractivity contribution in [2.24, 2.45) is 0 Å². The quantitative estimate of drug-likeness (QED) is 0.746. The van der Waals surface area contributed by atoms with Crippen LogP contribution in [0.2, 0.25) is 5.02 Å². The third-order valence-corrected chi connectivity index (χ3v) is 5.02. The molecule has 0 aromatic heterocycles. The first kappa shape index (κ1) is 20.3. The molecule has 0 aliphatic carbocycles. The fourth-order valence-electron chi connectivity index (χ4n) is 3.24. The van der Waals surface area contributed by atoms with Crippen LogP contribution < -0.4 is 10.6 Å². The van der Waals surface area contributed by atoms with E-state index in [0.717, 1.165) is 11.1 Å². The summed E-state index contributed by atoms with van der Waals surface area (Å²) in [6.45, 7) is 2.17. The van der Waals surface area contributed by atoms with E-state index in [1.165, 1.54) is 12.1 Å². The minimum atomic E-state index is -0.533. The summed E-state index contributed by atoms with van der Waals surface area (Å²) in [5, 5.41) is 6.37. The number of carbonyl (C=O) groups is 2. The Labute approximate surface area is 168 Å². The van der Waals surface area contributed by atoms with Gasteiger partial charge in [0.2, 0.25) is 11.8 Å². The number of benzene rings is 2. The van der Waals surface area contributed by atoms with Gasteiger partial charge in [-0.25, -0.2) is 4.39 Å². The lowest BCUT2D eigenvalue weighted by Gasteiger charge is -2.34. The minimum absolute atomic E-state index is 0.0909. The molecule has 2 N–H and O–H groups in total. The van der Waals surface area contributed by atoms with E-state index in [-0.39, 0.29) is 24.1 Å². The number of halogens is 2. The predicted molar refractivity (Wildman–Crippen MR) is 106 cm³/mol. The SMILES string of the molecule is O=C(C[C@H]1C(=O)NCCN1Cc1ccc(F)cc1)NCCc1ccc(Cl)cc1. The third-order valence-electron chi connectivity index (χ3n) is 4.77. The molecule has 0 unspecified atom stereocenters. The van der Waals surface area contributed by atoms with Crippen molar-refractivity contribution in [1.29, 1.82) is 0 Å². The minimum Gasteiger partial charge on any atom is -0.356 e. The van der Waals surface area contributed by atoms with E-state index >= 15 is 0 Å². The molecule has 148 valence electrons. The van der Waals surface area contributed by atoms with Crippen molar-refractivity contribution in [2.45, 2.75) is 25.4 Å². The Hall–Kier alpha value is -2.44. The Morgan fingerprint density at radius 3 is 2.54 bits per heavy atom. The number of nitrogens with zero attached hydrogens (tertiary/aromatic N) is 1. The molecule has 5 nitrogen and oxygen atoms in total. The van der Waals surface area contributed by atoms with E-state index in [0.29, 0.717) is 37.6 Å². The second-order valence-corrected chi connectivity index (χ2v) is 7.27. The van der Waals surface area contributed by atoms with Gasteiger partial charge in [0.25, 0.3) is 0 Å². The molecule has 1 heterocycles. The molecule has 3 rings (SSSR count). The highest BCUT2D eigenvalue weighted by atomic mass is 35.5. The molecular weight excluding hydrogens is 381 g/mol. The number of amides is 2. The van der Waals surface area contributed by atoms with E-state index in [4.69, 9.17) is 11.6 Å². The molecule has 1 saturated heterocycles. The second-order valence-electron chi connectivity index (χ2n) is 6.83. The van der Waals surface area contributed by atoms with Gasteiger partial charge in [-0.15, -0.1) is 0 Å². The highest BCUT2D eigenvalue weighted by Gasteiger charge is 2.31. The fourth-order valence-corrected chi connectivity index (χ4v) is 3.37. The van der Waals surface area contributed by atoms with Crippen LogP contribution in [0.25, 0.3) is 0 Å². The van der Waals surface area contributed by atoms with Gasteiger partial charge in [0.05, 0.1) is 12.5 Å². The molecule has 0 saturated carbocycles. The molecule has 28 heavy (non-hydrogen) atoms. The van der Waals surface area contributed by atoms with Crippen molar-refractivity contribution in [3.05, 3.63) is 70.5 Å².